The number of nitro groups is 1. The monoisotopic (exact) mass is 267 g/mol. The van der Waals surface area contributed by atoms with Gasteiger partial charge in [-0.15, -0.1) is 0 Å². The fourth-order valence-corrected chi connectivity index (χ4v) is 2.42. The van der Waals surface area contributed by atoms with E-state index in [0.29, 0.717) is 0 Å². The van der Waals surface area contributed by atoms with Crippen molar-refractivity contribution in [2.45, 2.75) is 31.7 Å². The van der Waals surface area contributed by atoms with Crippen molar-refractivity contribution in [3.8, 4) is 0 Å². The molecule has 0 amide bonds. The summed E-state index contributed by atoms with van der Waals surface area (Å²) in [6.45, 7) is 0.0501. The first-order chi connectivity index (χ1) is 9.11. The molecular weight excluding hydrogens is 250 g/mol. The Kier molecular flexibility index (Phi) is 4.16. The number of rotatable bonds is 3. The Hall–Kier alpha value is -1.89. The third-order valence-electron chi connectivity index (χ3n) is 3.51. The number of pyridine rings is 1. The number of nitrogens with zero attached hydrogens (tertiary/aromatic N) is 3. The van der Waals surface area contributed by atoms with Gasteiger partial charge < -0.3 is 10.3 Å². The van der Waals surface area contributed by atoms with Gasteiger partial charge in [0.1, 0.15) is 0 Å². The van der Waals surface area contributed by atoms with E-state index in [4.69, 9.17) is 0 Å². The second kappa shape index (κ2) is 5.83. The smallest absolute Gasteiger partial charge is 0.274 e. The van der Waals surface area contributed by atoms with Crippen LogP contribution in [0.4, 0.5) is 5.69 Å². The molecule has 2 rings (SSSR count). The molecule has 1 heterocycles. The van der Waals surface area contributed by atoms with Crippen molar-refractivity contribution in [1.29, 1.82) is 0 Å². The average Bonchev–Trinajstić information content (AvgIpc) is 2.41. The molecule has 1 aliphatic rings. The van der Waals surface area contributed by atoms with Gasteiger partial charge in [0, 0.05) is 18.6 Å². The van der Waals surface area contributed by atoms with E-state index < -0.39 is 4.92 Å². The standard InChI is InChI=1S/C12H17N3O4/c16-8-9-3-1-2-4-11(9)13-12-7-10(15(18)19)5-6-14(12)17/h5-7,9,11,16-17H,1-4,8H2. The van der Waals surface area contributed by atoms with Gasteiger partial charge >= 0.3 is 0 Å². The van der Waals surface area contributed by atoms with Crippen LogP contribution in [0.25, 0.3) is 0 Å². The summed E-state index contributed by atoms with van der Waals surface area (Å²) < 4.78 is 0.774. The summed E-state index contributed by atoms with van der Waals surface area (Å²) >= 11 is 0. The van der Waals surface area contributed by atoms with Gasteiger partial charge in [-0.3, -0.25) is 15.1 Å². The van der Waals surface area contributed by atoms with Gasteiger partial charge in [-0.05, 0) is 12.8 Å². The van der Waals surface area contributed by atoms with E-state index >= 15 is 0 Å². The maximum Gasteiger partial charge on any atom is 0.274 e. The number of hydrogen-bond acceptors (Lipinski definition) is 5. The third-order valence-corrected chi connectivity index (χ3v) is 3.51. The van der Waals surface area contributed by atoms with E-state index in [-0.39, 0.29) is 29.7 Å². The van der Waals surface area contributed by atoms with Gasteiger partial charge in [-0.2, -0.15) is 4.73 Å². The maximum absolute atomic E-state index is 10.7. The highest BCUT2D eigenvalue weighted by Crippen LogP contribution is 2.26. The first-order valence-electron chi connectivity index (χ1n) is 6.33. The lowest BCUT2D eigenvalue weighted by Gasteiger charge is -2.26. The first kappa shape index (κ1) is 13.5. The first-order valence-corrected chi connectivity index (χ1v) is 6.33. The zero-order valence-electron chi connectivity index (χ0n) is 10.5. The minimum absolute atomic E-state index is 0.0501. The molecule has 1 aromatic rings. The SMILES string of the molecule is O=[N+]([O-])c1ccn(O)c(=NC2CCCCC2CO)c1. The van der Waals surface area contributed by atoms with Crippen LogP contribution < -0.4 is 5.49 Å². The summed E-state index contributed by atoms with van der Waals surface area (Å²) in [4.78, 5) is 14.5. The van der Waals surface area contributed by atoms with Crippen molar-refractivity contribution >= 4 is 5.69 Å². The highest BCUT2D eigenvalue weighted by Gasteiger charge is 2.24. The summed E-state index contributed by atoms with van der Waals surface area (Å²) in [7, 11) is 0. The van der Waals surface area contributed by atoms with Crippen LogP contribution in [0.1, 0.15) is 25.7 Å². The molecule has 104 valence electrons. The molecule has 1 fully saturated rings. The van der Waals surface area contributed by atoms with Gasteiger partial charge in [-0.1, -0.05) is 12.8 Å². The number of hydrogen-bond donors (Lipinski definition) is 2. The lowest BCUT2D eigenvalue weighted by atomic mass is 9.85. The maximum atomic E-state index is 10.7. The van der Waals surface area contributed by atoms with Crippen molar-refractivity contribution in [2.24, 2.45) is 10.9 Å². The molecule has 1 aliphatic carbocycles. The second-order valence-corrected chi connectivity index (χ2v) is 4.77. The van der Waals surface area contributed by atoms with Gasteiger partial charge in [0.05, 0.1) is 23.2 Å². The quantitative estimate of drug-likeness (QED) is 0.486. The van der Waals surface area contributed by atoms with Crippen molar-refractivity contribution in [1.82, 2.24) is 4.73 Å². The molecule has 1 saturated carbocycles. The normalized spacial score (nSPS) is 24.4. The van der Waals surface area contributed by atoms with Crippen LogP contribution in [0, 0.1) is 16.0 Å². The van der Waals surface area contributed by atoms with E-state index in [2.05, 4.69) is 4.99 Å². The molecule has 19 heavy (non-hydrogen) atoms. The van der Waals surface area contributed by atoms with Crippen LogP contribution >= 0.6 is 0 Å². The minimum atomic E-state index is -0.524. The fourth-order valence-electron chi connectivity index (χ4n) is 2.42. The van der Waals surface area contributed by atoms with Crippen molar-refractivity contribution in [2.75, 3.05) is 6.61 Å². The predicted octanol–water partition coefficient (Wildman–Crippen LogP) is 1.09. The Morgan fingerprint density at radius 1 is 1.47 bits per heavy atom. The minimum Gasteiger partial charge on any atom is -0.427 e. The Morgan fingerprint density at radius 3 is 2.89 bits per heavy atom. The van der Waals surface area contributed by atoms with E-state index in [1.54, 1.807) is 0 Å². The largest absolute Gasteiger partial charge is 0.427 e. The summed E-state index contributed by atoms with van der Waals surface area (Å²) in [5.41, 5.74) is 0.0416. The van der Waals surface area contributed by atoms with E-state index in [9.17, 15) is 20.4 Å². The van der Waals surface area contributed by atoms with Crippen LogP contribution in [0.3, 0.4) is 0 Å². The lowest BCUT2D eigenvalue weighted by molar-refractivity contribution is -0.385. The molecule has 2 N–H and O–H groups in total. The van der Waals surface area contributed by atoms with E-state index in [1.807, 2.05) is 0 Å². The molecule has 2 atom stereocenters. The molecule has 0 aliphatic heterocycles. The summed E-state index contributed by atoms with van der Waals surface area (Å²) in [6, 6.07) is 2.35. The summed E-state index contributed by atoms with van der Waals surface area (Å²) in [6.07, 6.45) is 5.00. The van der Waals surface area contributed by atoms with E-state index in [0.717, 1.165) is 30.4 Å². The molecule has 0 radical (unpaired) electrons. The van der Waals surface area contributed by atoms with Gasteiger partial charge in [0.2, 0.25) is 0 Å². The average molecular weight is 267 g/mol. The Labute approximate surface area is 110 Å². The van der Waals surface area contributed by atoms with Crippen LogP contribution in [-0.4, -0.2) is 32.6 Å². The Bertz CT molecular complexity index is 526. The number of aliphatic hydroxyl groups is 1. The Morgan fingerprint density at radius 2 is 2.21 bits per heavy atom. The molecular formula is C12H17N3O4. The van der Waals surface area contributed by atoms with Crippen LogP contribution in [0.5, 0.6) is 0 Å². The molecule has 0 aromatic carbocycles. The zero-order valence-corrected chi connectivity index (χ0v) is 10.5. The second-order valence-electron chi connectivity index (χ2n) is 4.77. The molecule has 2 unspecified atom stereocenters. The number of aliphatic hydroxyl groups excluding tert-OH is 1. The van der Waals surface area contributed by atoms with Crippen LogP contribution in [-0.2, 0) is 0 Å². The molecule has 0 spiro atoms. The molecule has 7 nitrogen and oxygen atoms in total. The topological polar surface area (TPSA) is 101 Å². The van der Waals surface area contributed by atoms with Crippen molar-refractivity contribution in [3.63, 3.8) is 0 Å². The van der Waals surface area contributed by atoms with Crippen LogP contribution in [0.2, 0.25) is 0 Å². The molecule has 7 heteroatoms. The molecule has 0 saturated heterocycles. The van der Waals surface area contributed by atoms with Gasteiger partial charge in [0.25, 0.3) is 5.69 Å². The van der Waals surface area contributed by atoms with Gasteiger partial charge in [-0.25, -0.2) is 0 Å². The third kappa shape index (κ3) is 3.11. The fraction of sp³-hybridized carbons (Fsp3) is 0.583. The number of aromatic nitrogens is 1. The summed E-state index contributed by atoms with van der Waals surface area (Å²) in [5.74, 6) is 0.0630. The van der Waals surface area contributed by atoms with E-state index in [1.165, 1.54) is 18.3 Å². The molecule has 1 aromatic heterocycles. The highest BCUT2D eigenvalue weighted by molar-refractivity contribution is 5.25. The van der Waals surface area contributed by atoms with Crippen molar-refractivity contribution < 1.29 is 15.2 Å². The van der Waals surface area contributed by atoms with Gasteiger partial charge in [0.15, 0.2) is 5.49 Å². The predicted molar refractivity (Wildman–Crippen MR) is 66.7 cm³/mol. The zero-order chi connectivity index (χ0) is 13.8. The molecule has 0 bridgehead atoms. The van der Waals surface area contributed by atoms with Crippen molar-refractivity contribution in [3.05, 3.63) is 33.9 Å². The van der Waals surface area contributed by atoms with Crippen LogP contribution in [0.15, 0.2) is 23.3 Å². The Balaban J connectivity index is 2.35. The summed E-state index contributed by atoms with van der Waals surface area (Å²) in [5, 5.41) is 29.7. The lowest BCUT2D eigenvalue weighted by Crippen LogP contribution is -2.30. The highest BCUT2D eigenvalue weighted by atomic mass is 16.6.